The van der Waals surface area contributed by atoms with Crippen LogP contribution in [-0.4, -0.2) is 44.4 Å². The summed E-state index contributed by atoms with van der Waals surface area (Å²) in [5.41, 5.74) is 3.78. The molecule has 0 amide bonds. The van der Waals surface area contributed by atoms with E-state index in [2.05, 4.69) is 32.9 Å². The Morgan fingerprint density at radius 3 is 2.52 bits per heavy atom. The number of hydrogen-bond donors (Lipinski definition) is 0. The molecule has 0 aromatic carbocycles. The van der Waals surface area contributed by atoms with Crippen molar-refractivity contribution in [2.24, 2.45) is 28.6 Å². The van der Waals surface area contributed by atoms with Crippen molar-refractivity contribution in [2.75, 3.05) is 26.4 Å². The van der Waals surface area contributed by atoms with Gasteiger partial charge in [-0.25, -0.2) is 0 Å². The van der Waals surface area contributed by atoms with Gasteiger partial charge < -0.3 is 18.9 Å². The molecular weight excluding hydrogens is 364 g/mol. The van der Waals surface area contributed by atoms with Gasteiger partial charge in [-0.2, -0.15) is 0 Å². The molecule has 1 spiro atoms. The van der Waals surface area contributed by atoms with Crippen LogP contribution in [0.5, 0.6) is 0 Å². The molecule has 4 heteroatoms. The predicted octanol–water partition coefficient (Wildman–Crippen LogP) is 4.64. The maximum Gasteiger partial charge on any atom is 0.198 e. The Hall–Kier alpha value is -0.680. The van der Waals surface area contributed by atoms with Gasteiger partial charge in [-0.15, -0.1) is 0 Å². The van der Waals surface area contributed by atoms with Gasteiger partial charge in [-0.1, -0.05) is 37.1 Å². The molecule has 4 unspecified atom stereocenters. The first-order valence-electron chi connectivity index (χ1n) is 11.9. The van der Waals surface area contributed by atoms with E-state index < -0.39 is 5.79 Å². The van der Waals surface area contributed by atoms with Crippen LogP contribution in [0.15, 0.2) is 23.3 Å². The number of ether oxygens (including phenoxy) is 4. The monoisotopic (exact) mass is 400 g/mol. The Morgan fingerprint density at radius 1 is 0.897 bits per heavy atom. The highest BCUT2D eigenvalue weighted by atomic mass is 16.7. The molecule has 9 aliphatic rings. The van der Waals surface area contributed by atoms with E-state index in [1.54, 1.807) is 5.57 Å². The van der Waals surface area contributed by atoms with E-state index in [0.717, 1.165) is 12.8 Å². The van der Waals surface area contributed by atoms with Gasteiger partial charge in [0.25, 0.3) is 0 Å². The van der Waals surface area contributed by atoms with Crippen LogP contribution < -0.4 is 0 Å². The topological polar surface area (TPSA) is 36.9 Å². The summed E-state index contributed by atoms with van der Waals surface area (Å²) in [7, 11) is 0. The first-order chi connectivity index (χ1) is 14.0. The smallest absolute Gasteiger partial charge is 0.198 e. The number of fused-ring (bicyclic) bond motifs is 1. The highest BCUT2D eigenvalue weighted by Crippen LogP contribution is 2.66. The van der Waals surface area contributed by atoms with Crippen molar-refractivity contribution in [1.82, 2.24) is 0 Å². The standard InChI is InChI=1S/C25H36O4/c1-16-19-6-7-20-18-5-4-17-14-25(28-12-10-26-16)22(27-11-13-29-25)15-24(17,3)21(18)8-9-23(19,20)2/h4-5,16,19-22H,6-15H2,1-3H3/t16?,19-,20-,21?,22?,23-,24-,25?/m1/s1. The minimum absolute atomic E-state index is 0.0164. The van der Waals surface area contributed by atoms with Crippen molar-refractivity contribution in [3.8, 4) is 0 Å². The minimum atomic E-state index is -0.631. The van der Waals surface area contributed by atoms with Crippen molar-refractivity contribution >= 4 is 0 Å². The normalized spacial score (nSPS) is 54.0. The Kier molecular flexibility index (Phi) is 4.21. The van der Waals surface area contributed by atoms with Gasteiger partial charge >= 0.3 is 0 Å². The SMILES string of the molecule is CC1OCCOC23CC4=CC=C5C(CC[C@@]6(C)[C@@H]5CC[C@H]16)[C@]4(C)CC2OCCO3. The van der Waals surface area contributed by atoms with Crippen LogP contribution in [0.3, 0.4) is 0 Å². The van der Waals surface area contributed by atoms with E-state index in [0.29, 0.717) is 49.6 Å². The van der Waals surface area contributed by atoms with Gasteiger partial charge in [0.15, 0.2) is 5.79 Å². The molecule has 5 aliphatic heterocycles. The molecule has 29 heavy (non-hydrogen) atoms. The first kappa shape index (κ1) is 19.0. The molecule has 8 atom stereocenters. The Morgan fingerprint density at radius 2 is 1.69 bits per heavy atom. The zero-order valence-corrected chi connectivity index (χ0v) is 18.2. The zero-order valence-electron chi connectivity index (χ0n) is 18.2. The van der Waals surface area contributed by atoms with E-state index in [1.807, 2.05) is 0 Å². The average Bonchev–Trinajstić information content (AvgIpc) is 3.06. The lowest BCUT2D eigenvalue weighted by Gasteiger charge is -2.59. The molecule has 4 saturated heterocycles. The minimum Gasteiger partial charge on any atom is -0.376 e. The third-order valence-corrected chi connectivity index (χ3v) is 9.83. The molecule has 4 aliphatic carbocycles. The summed E-state index contributed by atoms with van der Waals surface area (Å²) < 4.78 is 25.4. The summed E-state index contributed by atoms with van der Waals surface area (Å²) in [5.74, 6) is 1.37. The lowest BCUT2D eigenvalue weighted by molar-refractivity contribution is -0.341. The third-order valence-electron chi connectivity index (χ3n) is 9.83. The van der Waals surface area contributed by atoms with E-state index in [-0.39, 0.29) is 17.6 Å². The molecule has 7 fully saturated rings. The van der Waals surface area contributed by atoms with Crippen LogP contribution >= 0.6 is 0 Å². The van der Waals surface area contributed by atoms with Gasteiger partial charge in [0, 0.05) is 6.42 Å². The fourth-order valence-corrected chi connectivity index (χ4v) is 8.28. The van der Waals surface area contributed by atoms with Gasteiger partial charge in [0.2, 0.25) is 0 Å². The zero-order chi connectivity index (χ0) is 19.9. The molecule has 4 nitrogen and oxygen atoms in total. The van der Waals surface area contributed by atoms with Crippen LogP contribution in [-0.2, 0) is 18.9 Å². The molecular formula is C25H36O4. The van der Waals surface area contributed by atoms with E-state index in [4.69, 9.17) is 18.9 Å². The van der Waals surface area contributed by atoms with Crippen LogP contribution in [0.1, 0.15) is 59.3 Å². The molecule has 5 heterocycles. The lowest BCUT2D eigenvalue weighted by atomic mass is 9.49. The van der Waals surface area contributed by atoms with Gasteiger partial charge in [0.05, 0.1) is 32.5 Å². The van der Waals surface area contributed by atoms with E-state index in [1.165, 1.54) is 31.3 Å². The van der Waals surface area contributed by atoms with Crippen LogP contribution in [0.2, 0.25) is 0 Å². The first-order valence-corrected chi connectivity index (χ1v) is 11.9. The molecule has 0 radical (unpaired) electrons. The highest BCUT2D eigenvalue weighted by Gasteiger charge is 2.61. The number of allylic oxidation sites excluding steroid dienone is 3. The summed E-state index contributed by atoms with van der Waals surface area (Å²) >= 11 is 0. The molecule has 9 rings (SSSR count). The lowest BCUT2D eigenvalue weighted by Crippen LogP contribution is -2.61. The van der Waals surface area contributed by atoms with Crippen molar-refractivity contribution in [3.05, 3.63) is 23.3 Å². The maximum atomic E-state index is 6.46. The predicted molar refractivity (Wildman–Crippen MR) is 110 cm³/mol. The summed E-state index contributed by atoms with van der Waals surface area (Å²) in [6.07, 6.45) is 12.3. The number of rotatable bonds is 0. The van der Waals surface area contributed by atoms with Crippen molar-refractivity contribution in [1.29, 1.82) is 0 Å². The fraction of sp³-hybridized carbons (Fsp3) is 0.840. The van der Waals surface area contributed by atoms with Crippen LogP contribution in [0.25, 0.3) is 0 Å². The Labute approximate surface area is 175 Å². The largest absolute Gasteiger partial charge is 0.376 e. The highest BCUT2D eigenvalue weighted by molar-refractivity contribution is 5.40. The molecule has 3 saturated carbocycles. The summed E-state index contributed by atoms with van der Waals surface area (Å²) in [6, 6.07) is 0. The Balaban J connectivity index is 1.47. The van der Waals surface area contributed by atoms with Crippen LogP contribution in [0, 0.1) is 28.6 Å². The Bertz CT molecular complexity index is 758. The molecule has 8 bridgehead atoms. The summed E-state index contributed by atoms with van der Waals surface area (Å²) in [4.78, 5) is 0. The van der Waals surface area contributed by atoms with Gasteiger partial charge in [-0.3, -0.25) is 0 Å². The molecule has 160 valence electrons. The maximum absolute atomic E-state index is 6.46. The van der Waals surface area contributed by atoms with Gasteiger partial charge in [-0.05, 0) is 67.6 Å². The second-order valence-corrected chi connectivity index (χ2v) is 10.9. The quantitative estimate of drug-likeness (QED) is 0.593. The van der Waals surface area contributed by atoms with E-state index in [9.17, 15) is 0 Å². The van der Waals surface area contributed by atoms with Crippen LogP contribution in [0.4, 0.5) is 0 Å². The van der Waals surface area contributed by atoms with Crippen molar-refractivity contribution in [2.45, 2.75) is 77.3 Å². The second kappa shape index (κ2) is 6.41. The van der Waals surface area contributed by atoms with Crippen molar-refractivity contribution < 1.29 is 18.9 Å². The third kappa shape index (κ3) is 2.52. The molecule has 0 N–H and O–H groups in total. The fourth-order valence-electron chi connectivity index (χ4n) is 8.28. The van der Waals surface area contributed by atoms with Crippen molar-refractivity contribution in [3.63, 3.8) is 0 Å². The summed E-state index contributed by atoms with van der Waals surface area (Å²) in [5, 5.41) is 0. The molecule has 0 aromatic rings. The number of hydrogen-bond acceptors (Lipinski definition) is 4. The van der Waals surface area contributed by atoms with Gasteiger partial charge in [0.1, 0.15) is 6.10 Å². The average molecular weight is 401 g/mol. The summed E-state index contributed by atoms with van der Waals surface area (Å²) in [6.45, 7) is 9.85. The second-order valence-electron chi connectivity index (χ2n) is 10.9. The van der Waals surface area contributed by atoms with E-state index >= 15 is 0 Å². The molecule has 0 aromatic heterocycles.